The number of rotatable bonds is 7. The summed E-state index contributed by atoms with van der Waals surface area (Å²) >= 11 is 1.60. The first-order valence-corrected chi connectivity index (χ1v) is 13.4. The Morgan fingerprint density at radius 2 is 1.61 bits per heavy atom. The first-order valence-electron chi connectivity index (χ1n) is 10.5. The van der Waals surface area contributed by atoms with E-state index in [1.54, 1.807) is 18.8 Å². The van der Waals surface area contributed by atoms with E-state index in [9.17, 15) is 4.79 Å². The van der Waals surface area contributed by atoms with Crippen LogP contribution in [-0.4, -0.2) is 56.4 Å². The molecule has 0 bridgehead atoms. The van der Waals surface area contributed by atoms with E-state index < -0.39 is 14.4 Å². The Labute approximate surface area is 190 Å². The van der Waals surface area contributed by atoms with Gasteiger partial charge in [0.05, 0.1) is 18.3 Å². The zero-order valence-corrected chi connectivity index (χ0v) is 21.0. The van der Waals surface area contributed by atoms with Gasteiger partial charge in [-0.3, -0.25) is 14.6 Å². The van der Waals surface area contributed by atoms with Crippen molar-refractivity contribution in [2.24, 2.45) is 4.99 Å². The third kappa shape index (κ3) is 4.79. The molecule has 0 saturated heterocycles. The first-order chi connectivity index (χ1) is 14.7. The molecule has 0 unspecified atom stereocenters. The van der Waals surface area contributed by atoms with Crippen LogP contribution in [0.5, 0.6) is 0 Å². The highest BCUT2D eigenvalue weighted by Gasteiger charge is 2.51. The summed E-state index contributed by atoms with van der Waals surface area (Å²) in [7, 11) is 0.427. The maximum Gasteiger partial charge on any atom is 0.271 e. The van der Waals surface area contributed by atoms with Crippen LogP contribution in [0.15, 0.2) is 65.7 Å². The molecule has 0 radical (unpaired) electrons. The molecule has 1 amide bonds. The van der Waals surface area contributed by atoms with Gasteiger partial charge in [0.2, 0.25) is 0 Å². The molecule has 2 aromatic rings. The van der Waals surface area contributed by atoms with Crippen molar-refractivity contribution < 1.29 is 14.1 Å². The number of nitrogens with zero attached hydrogens (tertiary/aromatic N) is 2. The van der Waals surface area contributed by atoms with Crippen LogP contribution in [-0.2, 0) is 14.1 Å². The van der Waals surface area contributed by atoms with Crippen molar-refractivity contribution in [3.63, 3.8) is 0 Å². The van der Waals surface area contributed by atoms with Crippen LogP contribution >= 0.6 is 11.8 Å². The van der Waals surface area contributed by atoms with Crippen LogP contribution in [0.2, 0.25) is 5.04 Å². The lowest BCUT2D eigenvalue weighted by molar-refractivity contribution is -0.169. The smallest absolute Gasteiger partial charge is 0.271 e. The summed E-state index contributed by atoms with van der Waals surface area (Å²) < 4.78 is 7.10. The Kier molecular flexibility index (Phi) is 7.42. The topological polar surface area (TPSA) is 51.1 Å². The molecule has 5 nitrogen and oxygen atoms in total. The molecule has 1 heterocycles. The molecule has 2 aromatic carbocycles. The number of carbonyl (C=O) groups is 1. The third-order valence-electron chi connectivity index (χ3n) is 5.66. The number of aliphatic imine (C=N–C) groups is 1. The highest BCUT2D eigenvalue weighted by molar-refractivity contribution is 8.14. The Morgan fingerprint density at radius 3 is 2.06 bits per heavy atom. The Balaban J connectivity index is 2.01. The molecular formula is C24H32N2O3SSi. The Morgan fingerprint density at radius 1 is 1.10 bits per heavy atom. The zero-order chi connectivity index (χ0) is 22.6. The molecule has 0 N–H and O–H groups in total. The number of benzene rings is 2. The molecule has 3 rings (SSSR count). The number of hydroxylamine groups is 2. The second-order valence-corrected chi connectivity index (χ2v) is 14.0. The maximum absolute atomic E-state index is 12.5. The number of hydrogen-bond acceptors (Lipinski definition) is 5. The van der Waals surface area contributed by atoms with E-state index in [4.69, 9.17) is 14.3 Å². The molecule has 0 aromatic heterocycles. The van der Waals surface area contributed by atoms with Crippen molar-refractivity contribution in [1.29, 1.82) is 0 Å². The van der Waals surface area contributed by atoms with Gasteiger partial charge in [0.1, 0.15) is 6.04 Å². The summed E-state index contributed by atoms with van der Waals surface area (Å²) in [4.78, 5) is 22.2. The van der Waals surface area contributed by atoms with E-state index >= 15 is 0 Å². The van der Waals surface area contributed by atoms with Crippen LogP contribution in [0.3, 0.4) is 0 Å². The second-order valence-electron chi connectivity index (χ2n) is 8.74. The quantitative estimate of drug-likeness (QED) is 0.473. The molecule has 2 atom stereocenters. The molecule has 31 heavy (non-hydrogen) atoms. The van der Waals surface area contributed by atoms with E-state index in [1.807, 2.05) is 12.1 Å². The van der Waals surface area contributed by atoms with Gasteiger partial charge in [-0.2, -0.15) is 0 Å². The van der Waals surface area contributed by atoms with Crippen molar-refractivity contribution >= 4 is 41.4 Å². The molecule has 166 valence electrons. The predicted molar refractivity (Wildman–Crippen MR) is 132 cm³/mol. The first kappa shape index (κ1) is 23.7. The molecule has 0 saturated carbocycles. The van der Waals surface area contributed by atoms with Crippen molar-refractivity contribution in [2.75, 3.05) is 19.9 Å². The fourth-order valence-corrected chi connectivity index (χ4v) is 9.82. The Hall–Kier alpha value is -1.93. The van der Waals surface area contributed by atoms with E-state index in [2.05, 4.69) is 76.2 Å². The van der Waals surface area contributed by atoms with Gasteiger partial charge in [-0.15, -0.1) is 11.8 Å². The normalized spacial score (nSPS) is 17.9. The summed E-state index contributed by atoms with van der Waals surface area (Å²) in [6, 6.07) is 20.7. The second kappa shape index (κ2) is 9.69. The van der Waals surface area contributed by atoms with Gasteiger partial charge in [0.15, 0.2) is 0 Å². The fourth-order valence-electron chi connectivity index (χ4n) is 4.05. The van der Waals surface area contributed by atoms with Gasteiger partial charge in [-0.05, 0) is 22.3 Å². The summed E-state index contributed by atoms with van der Waals surface area (Å²) in [5, 5.41) is 4.47. The highest BCUT2D eigenvalue weighted by atomic mass is 32.2. The maximum atomic E-state index is 12.5. The number of likely N-dealkylation sites (N-methyl/N-ethyl adjacent to an activating group) is 1. The number of amides is 1. The molecule has 7 heteroatoms. The molecule has 0 spiro atoms. The lowest BCUT2D eigenvalue weighted by Gasteiger charge is -2.44. The average Bonchev–Trinajstić information content (AvgIpc) is 3.27. The van der Waals surface area contributed by atoms with Crippen molar-refractivity contribution in [3.8, 4) is 0 Å². The number of hydrogen-bond donors (Lipinski definition) is 0. The highest BCUT2D eigenvalue weighted by Crippen LogP contribution is 2.38. The van der Waals surface area contributed by atoms with Gasteiger partial charge in [-0.25, -0.2) is 5.06 Å². The van der Waals surface area contributed by atoms with E-state index in [0.29, 0.717) is 5.75 Å². The van der Waals surface area contributed by atoms with Crippen molar-refractivity contribution in [2.45, 2.75) is 44.9 Å². The standard InChI is InChI=1S/C24H32N2O3SSi/c1-18(22-25-21(17-30-22)23(27)26(5)28-6)29-31(24(2,3)4,19-13-9-7-10-14-19)20-15-11-8-12-16-20/h7-16,18,21H,17H2,1-6H3/t18-,21-/m0/s1. The number of thioether (sulfide) groups is 1. The van der Waals surface area contributed by atoms with Gasteiger partial charge in [-0.1, -0.05) is 81.4 Å². The van der Waals surface area contributed by atoms with Gasteiger partial charge < -0.3 is 4.43 Å². The van der Waals surface area contributed by atoms with Crippen LogP contribution in [0.1, 0.15) is 27.7 Å². The largest absolute Gasteiger partial charge is 0.399 e. The average molecular weight is 457 g/mol. The SMILES string of the molecule is CON(C)C(=O)[C@@H]1CSC([C@H](C)O[Si](c2ccccc2)(c2ccccc2)C(C)(C)C)=N1. The lowest BCUT2D eigenvalue weighted by atomic mass is 10.2. The van der Waals surface area contributed by atoms with Crippen molar-refractivity contribution in [3.05, 3.63) is 60.7 Å². The van der Waals surface area contributed by atoms with Gasteiger partial charge >= 0.3 is 0 Å². The van der Waals surface area contributed by atoms with Gasteiger partial charge in [0, 0.05) is 12.8 Å². The van der Waals surface area contributed by atoms with Crippen LogP contribution in [0.25, 0.3) is 0 Å². The molecule has 1 aliphatic heterocycles. The fraction of sp³-hybridized carbons (Fsp3) is 0.417. The third-order valence-corrected chi connectivity index (χ3v) is 12.0. The summed E-state index contributed by atoms with van der Waals surface area (Å²) in [5.41, 5.74) is 0. The predicted octanol–water partition coefficient (Wildman–Crippen LogP) is 3.49. The summed E-state index contributed by atoms with van der Waals surface area (Å²) in [6.45, 7) is 8.83. The molecule has 1 aliphatic rings. The molecule has 0 aliphatic carbocycles. The Bertz CT molecular complexity index is 876. The van der Waals surface area contributed by atoms with Crippen molar-refractivity contribution in [1.82, 2.24) is 5.06 Å². The lowest BCUT2D eigenvalue weighted by Crippen LogP contribution is -2.67. The van der Waals surface area contributed by atoms with E-state index in [0.717, 1.165) is 5.04 Å². The van der Waals surface area contributed by atoms with E-state index in [1.165, 1.54) is 22.5 Å². The van der Waals surface area contributed by atoms with Crippen LogP contribution in [0, 0.1) is 0 Å². The molecule has 0 fully saturated rings. The number of carbonyl (C=O) groups excluding carboxylic acids is 1. The molecular weight excluding hydrogens is 424 g/mol. The minimum atomic E-state index is -2.67. The van der Waals surface area contributed by atoms with Crippen LogP contribution in [0.4, 0.5) is 0 Å². The summed E-state index contributed by atoms with van der Waals surface area (Å²) in [5.74, 6) is 0.471. The van der Waals surface area contributed by atoms with Gasteiger partial charge in [0.25, 0.3) is 14.2 Å². The minimum Gasteiger partial charge on any atom is -0.399 e. The zero-order valence-electron chi connectivity index (χ0n) is 19.2. The minimum absolute atomic E-state index is 0.112. The monoisotopic (exact) mass is 456 g/mol. The van der Waals surface area contributed by atoms with Crippen LogP contribution < -0.4 is 10.4 Å². The summed E-state index contributed by atoms with van der Waals surface area (Å²) in [6.07, 6.45) is -0.220. The van der Waals surface area contributed by atoms with E-state index in [-0.39, 0.29) is 17.0 Å².